The second kappa shape index (κ2) is 6.02. The van der Waals surface area contributed by atoms with E-state index in [1.54, 1.807) is 6.08 Å². The van der Waals surface area contributed by atoms with Gasteiger partial charge in [0.2, 0.25) is 5.91 Å². The maximum absolute atomic E-state index is 10.8. The molecule has 0 aromatic heterocycles. The van der Waals surface area contributed by atoms with Gasteiger partial charge in [-0.1, -0.05) is 15.9 Å². The van der Waals surface area contributed by atoms with Gasteiger partial charge in [0.05, 0.1) is 13.2 Å². The van der Waals surface area contributed by atoms with Gasteiger partial charge in [-0.3, -0.25) is 4.79 Å². The van der Waals surface area contributed by atoms with Crippen LogP contribution in [0.3, 0.4) is 0 Å². The van der Waals surface area contributed by atoms with Crippen molar-refractivity contribution >= 4 is 33.6 Å². The van der Waals surface area contributed by atoms with Crippen LogP contribution in [-0.4, -0.2) is 32.2 Å². The number of carbonyl (C=O) groups is 1. The molecule has 18 heavy (non-hydrogen) atoms. The monoisotopic (exact) mass is 310 g/mol. The van der Waals surface area contributed by atoms with E-state index in [1.165, 1.54) is 6.08 Å². The number of nitrogens with two attached hydrogens (primary N) is 1. The number of benzene rings is 1. The van der Waals surface area contributed by atoms with E-state index in [1.807, 2.05) is 18.2 Å². The molecule has 0 atom stereocenters. The second-order valence-corrected chi connectivity index (χ2v) is 4.95. The fraction of sp³-hybridized carbons (Fsp3) is 0.308. The van der Waals surface area contributed by atoms with Crippen LogP contribution in [0.1, 0.15) is 5.56 Å². The molecule has 1 aliphatic heterocycles. The number of morpholine rings is 1. The SMILES string of the molecule is NC(=O)/C=C/c1cc(Br)ccc1N1CCOCC1. The van der Waals surface area contributed by atoms with Crippen LogP contribution in [0.5, 0.6) is 0 Å². The van der Waals surface area contributed by atoms with E-state index < -0.39 is 5.91 Å². The first-order chi connectivity index (χ1) is 8.66. The normalized spacial score (nSPS) is 16.2. The fourth-order valence-electron chi connectivity index (χ4n) is 1.92. The highest BCUT2D eigenvalue weighted by molar-refractivity contribution is 9.10. The maximum atomic E-state index is 10.8. The summed E-state index contributed by atoms with van der Waals surface area (Å²) in [6, 6.07) is 6.01. The highest BCUT2D eigenvalue weighted by Crippen LogP contribution is 2.26. The standard InChI is InChI=1S/C13H15BrN2O2/c14-11-2-3-12(16-5-7-18-8-6-16)10(9-11)1-4-13(15)17/h1-4,9H,5-8H2,(H2,15,17)/b4-1+. The smallest absolute Gasteiger partial charge is 0.241 e. The largest absolute Gasteiger partial charge is 0.378 e. The van der Waals surface area contributed by atoms with Crippen LogP contribution in [0, 0.1) is 0 Å². The Bertz CT molecular complexity index is 468. The van der Waals surface area contributed by atoms with E-state index in [2.05, 4.69) is 20.8 Å². The molecule has 1 fully saturated rings. The molecule has 1 aliphatic rings. The molecule has 96 valence electrons. The average Bonchev–Trinajstić information content (AvgIpc) is 2.37. The zero-order valence-electron chi connectivity index (χ0n) is 9.93. The third kappa shape index (κ3) is 3.34. The van der Waals surface area contributed by atoms with E-state index in [0.717, 1.165) is 42.0 Å². The maximum Gasteiger partial charge on any atom is 0.241 e. The van der Waals surface area contributed by atoms with Gasteiger partial charge in [-0.25, -0.2) is 0 Å². The first kappa shape index (κ1) is 13.1. The summed E-state index contributed by atoms with van der Waals surface area (Å²) in [5.74, 6) is -0.442. The summed E-state index contributed by atoms with van der Waals surface area (Å²) in [5, 5.41) is 0. The lowest BCUT2D eigenvalue weighted by Gasteiger charge is -2.30. The van der Waals surface area contributed by atoms with Crippen molar-refractivity contribution in [3.63, 3.8) is 0 Å². The molecule has 0 spiro atoms. The Labute approximate surface area is 115 Å². The van der Waals surface area contributed by atoms with Crippen LogP contribution >= 0.6 is 15.9 Å². The van der Waals surface area contributed by atoms with Gasteiger partial charge in [0.15, 0.2) is 0 Å². The van der Waals surface area contributed by atoms with E-state index in [4.69, 9.17) is 10.5 Å². The Kier molecular flexibility index (Phi) is 4.38. The van der Waals surface area contributed by atoms with E-state index in [9.17, 15) is 4.79 Å². The van der Waals surface area contributed by atoms with Gasteiger partial charge in [-0.05, 0) is 29.8 Å². The van der Waals surface area contributed by atoms with E-state index in [0.29, 0.717) is 0 Å². The molecule has 0 unspecified atom stereocenters. The van der Waals surface area contributed by atoms with Crippen molar-refractivity contribution in [3.8, 4) is 0 Å². The summed E-state index contributed by atoms with van der Waals surface area (Å²) in [7, 11) is 0. The Morgan fingerprint density at radius 3 is 2.78 bits per heavy atom. The van der Waals surface area contributed by atoms with Gasteiger partial charge in [0.1, 0.15) is 0 Å². The quantitative estimate of drug-likeness (QED) is 0.866. The Hall–Kier alpha value is -1.33. The minimum atomic E-state index is -0.442. The van der Waals surface area contributed by atoms with Crippen molar-refractivity contribution in [2.45, 2.75) is 0 Å². The lowest BCUT2D eigenvalue weighted by molar-refractivity contribution is -0.113. The van der Waals surface area contributed by atoms with Crippen LogP contribution in [0.4, 0.5) is 5.69 Å². The van der Waals surface area contributed by atoms with Crippen molar-refractivity contribution in [1.82, 2.24) is 0 Å². The predicted octanol–water partition coefficient (Wildman–Crippen LogP) is 1.78. The summed E-state index contributed by atoms with van der Waals surface area (Å²) in [4.78, 5) is 13.1. The molecule has 0 aliphatic carbocycles. The number of ether oxygens (including phenoxy) is 1. The number of amides is 1. The minimum Gasteiger partial charge on any atom is -0.378 e. The van der Waals surface area contributed by atoms with Gasteiger partial charge in [0, 0.05) is 29.3 Å². The molecule has 1 heterocycles. The number of hydrogen-bond acceptors (Lipinski definition) is 3. The highest BCUT2D eigenvalue weighted by Gasteiger charge is 2.13. The number of primary amides is 1. The Balaban J connectivity index is 2.30. The van der Waals surface area contributed by atoms with Crippen molar-refractivity contribution in [2.75, 3.05) is 31.2 Å². The van der Waals surface area contributed by atoms with E-state index >= 15 is 0 Å². The molecule has 5 heteroatoms. The second-order valence-electron chi connectivity index (χ2n) is 4.04. The summed E-state index contributed by atoms with van der Waals surface area (Å²) in [5.41, 5.74) is 7.21. The third-order valence-electron chi connectivity index (χ3n) is 2.77. The molecule has 1 aromatic rings. The molecular weight excluding hydrogens is 296 g/mol. The fourth-order valence-corrected chi connectivity index (χ4v) is 2.30. The molecule has 0 saturated carbocycles. The van der Waals surface area contributed by atoms with Gasteiger partial charge >= 0.3 is 0 Å². The summed E-state index contributed by atoms with van der Waals surface area (Å²) < 4.78 is 6.32. The van der Waals surface area contributed by atoms with Crippen LogP contribution in [0.25, 0.3) is 6.08 Å². The molecule has 1 aromatic carbocycles. The lowest BCUT2D eigenvalue weighted by Crippen LogP contribution is -2.36. The average molecular weight is 311 g/mol. The number of nitrogens with zero attached hydrogens (tertiary/aromatic N) is 1. The topological polar surface area (TPSA) is 55.6 Å². The zero-order chi connectivity index (χ0) is 13.0. The van der Waals surface area contributed by atoms with Crippen molar-refractivity contribution in [2.24, 2.45) is 5.73 Å². The molecular formula is C13H15BrN2O2. The lowest BCUT2D eigenvalue weighted by atomic mass is 10.1. The zero-order valence-corrected chi connectivity index (χ0v) is 11.5. The van der Waals surface area contributed by atoms with Crippen LogP contribution in [0.15, 0.2) is 28.7 Å². The van der Waals surface area contributed by atoms with Crippen LogP contribution < -0.4 is 10.6 Å². The molecule has 1 saturated heterocycles. The Morgan fingerprint density at radius 1 is 1.39 bits per heavy atom. The van der Waals surface area contributed by atoms with Gasteiger partial charge < -0.3 is 15.4 Å². The highest BCUT2D eigenvalue weighted by atomic mass is 79.9. The molecule has 4 nitrogen and oxygen atoms in total. The molecule has 2 N–H and O–H groups in total. The first-order valence-corrected chi connectivity index (χ1v) is 6.56. The van der Waals surface area contributed by atoms with Gasteiger partial charge in [-0.15, -0.1) is 0 Å². The summed E-state index contributed by atoms with van der Waals surface area (Å²) >= 11 is 3.43. The summed E-state index contributed by atoms with van der Waals surface area (Å²) in [6.07, 6.45) is 3.13. The molecule has 0 radical (unpaired) electrons. The number of rotatable bonds is 3. The van der Waals surface area contributed by atoms with Crippen molar-refractivity contribution in [1.29, 1.82) is 0 Å². The van der Waals surface area contributed by atoms with Crippen LogP contribution in [-0.2, 0) is 9.53 Å². The molecule has 1 amide bonds. The third-order valence-corrected chi connectivity index (χ3v) is 3.26. The van der Waals surface area contributed by atoms with Gasteiger partial charge in [0.25, 0.3) is 0 Å². The number of carbonyl (C=O) groups excluding carboxylic acids is 1. The molecule has 2 rings (SSSR count). The van der Waals surface area contributed by atoms with E-state index in [-0.39, 0.29) is 0 Å². The van der Waals surface area contributed by atoms with Crippen molar-refractivity contribution in [3.05, 3.63) is 34.3 Å². The van der Waals surface area contributed by atoms with Gasteiger partial charge in [-0.2, -0.15) is 0 Å². The number of hydrogen-bond donors (Lipinski definition) is 1. The minimum absolute atomic E-state index is 0.442. The first-order valence-electron chi connectivity index (χ1n) is 5.76. The predicted molar refractivity (Wildman–Crippen MR) is 75.4 cm³/mol. The Morgan fingerprint density at radius 2 is 2.11 bits per heavy atom. The number of halogens is 1. The van der Waals surface area contributed by atoms with Crippen molar-refractivity contribution < 1.29 is 9.53 Å². The summed E-state index contributed by atoms with van der Waals surface area (Å²) in [6.45, 7) is 3.18. The van der Waals surface area contributed by atoms with Crippen LogP contribution in [0.2, 0.25) is 0 Å². The number of anilines is 1. The molecule has 0 bridgehead atoms.